The molecule has 0 spiro atoms. The SMILES string of the molecule is CCOC(=O)[C@]1(C)CN(C(=O)OCc2ccccc2)C[C@H]1C.CCOC(=O)[C@]1(C)CN(Cc2ccccc2)C[C@H]1C. The van der Waals surface area contributed by atoms with Crippen molar-refractivity contribution in [2.24, 2.45) is 22.7 Å². The van der Waals surface area contributed by atoms with Crippen LogP contribution < -0.4 is 0 Å². The number of carbonyl (C=O) groups is 3. The predicted molar refractivity (Wildman–Crippen MR) is 158 cm³/mol. The summed E-state index contributed by atoms with van der Waals surface area (Å²) in [5.74, 6) is 0.0602. The molecule has 2 saturated heterocycles. The molecule has 4 atom stereocenters. The molecule has 2 aliphatic heterocycles. The zero-order valence-corrected chi connectivity index (χ0v) is 25.4. The number of benzene rings is 2. The number of ether oxygens (including phenoxy) is 3. The lowest BCUT2D eigenvalue weighted by Crippen LogP contribution is -2.38. The van der Waals surface area contributed by atoms with Crippen LogP contribution in [0.4, 0.5) is 4.79 Å². The van der Waals surface area contributed by atoms with Crippen molar-refractivity contribution in [3.8, 4) is 0 Å². The second kappa shape index (κ2) is 14.5. The number of nitrogens with zero attached hydrogens (tertiary/aromatic N) is 2. The molecule has 0 saturated carbocycles. The van der Waals surface area contributed by atoms with Gasteiger partial charge in [-0.15, -0.1) is 0 Å². The van der Waals surface area contributed by atoms with Gasteiger partial charge in [-0.25, -0.2) is 4.79 Å². The van der Waals surface area contributed by atoms with E-state index >= 15 is 0 Å². The summed E-state index contributed by atoms with van der Waals surface area (Å²) in [6, 6.07) is 19.9. The topological polar surface area (TPSA) is 85.4 Å². The monoisotopic (exact) mass is 566 g/mol. The maximum absolute atomic E-state index is 12.2. The van der Waals surface area contributed by atoms with Crippen molar-refractivity contribution in [1.29, 1.82) is 0 Å². The quantitative estimate of drug-likeness (QED) is 0.306. The van der Waals surface area contributed by atoms with E-state index in [1.54, 1.807) is 11.8 Å². The van der Waals surface area contributed by atoms with E-state index in [1.807, 2.05) is 64.1 Å². The van der Waals surface area contributed by atoms with Crippen LogP contribution in [0.25, 0.3) is 0 Å². The summed E-state index contributed by atoms with van der Waals surface area (Å²) in [5.41, 5.74) is 1.20. The van der Waals surface area contributed by atoms with Gasteiger partial charge in [0.25, 0.3) is 0 Å². The van der Waals surface area contributed by atoms with Crippen molar-refractivity contribution in [2.75, 3.05) is 39.4 Å². The number of esters is 2. The van der Waals surface area contributed by atoms with E-state index in [0.717, 1.165) is 25.2 Å². The molecule has 224 valence electrons. The Hall–Kier alpha value is -3.39. The summed E-state index contributed by atoms with van der Waals surface area (Å²) in [6.07, 6.45) is -0.385. The number of likely N-dealkylation sites (tertiary alicyclic amines) is 2. The number of hydrogen-bond donors (Lipinski definition) is 0. The van der Waals surface area contributed by atoms with E-state index in [-0.39, 0.29) is 36.0 Å². The molecule has 0 bridgehead atoms. The molecule has 8 heteroatoms. The van der Waals surface area contributed by atoms with Gasteiger partial charge in [-0.2, -0.15) is 0 Å². The molecule has 2 aliphatic rings. The standard InChI is InChI=1S/C17H23NO4.C16H23NO2/c1-4-21-15(19)17(3)12-18(10-13(17)2)16(20)22-11-14-8-6-5-7-9-14;1-4-19-15(18)16(3)12-17(10-13(16)2)11-14-8-6-5-7-9-14/h5-9,13H,4,10-12H2,1-3H3;5-9,13H,4,10-12H2,1-3H3/t13-,17-;13-,16-/m11/s1. The summed E-state index contributed by atoms with van der Waals surface area (Å²) < 4.78 is 15.7. The van der Waals surface area contributed by atoms with Gasteiger partial charge in [0, 0.05) is 32.7 Å². The van der Waals surface area contributed by atoms with Crippen molar-refractivity contribution >= 4 is 18.0 Å². The number of hydrogen-bond acceptors (Lipinski definition) is 7. The molecule has 8 nitrogen and oxygen atoms in total. The van der Waals surface area contributed by atoms with E-state index in [1.165, 1.54) is 5.56 Å². The van der Waals surface area contributed by atoms with Gasteiger partial charge in [0.2, 0.25) is 0 Å². The lowest BCUT2D eigenvalue weighted by Gasteiger charge is -2.25. The van der Waals surface area contributed by atoms with Crippen LogP contribution in [0.5, 0.6) is 0 Å². The summed E-state index contributed by atoms with van der Waals surface area (Å²) >= 11 is 0. The lowest BCUT2D eigenvalue weighted by atomic mass is 9.81. The Balaban J connectivity index is 0.000000228. The second-order valence-corrected chi connectivity index (χ2v) is 11.7. The van der Waals surface area contributed by atoms with Crippen molar-refractivity contribution in [3.63, 3.8) is 0 Å². The van der Waals surface area contributed by atoms with Crippen LogP contribution in [0.15, 0.2) is 60.7 Å². The van der Waals surface area contributed by atoms with Gasteiger partial charge in [0.1, 0.15) is 6.61 Å². The minimum absolute atomic E-state index is 0.0378. The molecule has 2 aromatic rings. The molecule has 41 heavy (non-hydrogen) atoms. The lowest BCUT2D eigenvalue weighted by molar-refractivity contribution is -0.156. The van der Waals surface area contributed by atoms with Crippen LogP contribution in [0.3, 0.4) is 0 Å². The third-order valence-corrected chi connectivity index (χ3v) is 8.47. The first kappa shape index (κ1) is 32.1. The maximum atomic E-state index is 12.2. The molecule has 2 heterocycles. The molecule has 0 aromatic heterocycles. The molecular formula is C33H46N2O6. The molecule has 0 unspecified atom stereocenters. The van der Waals surface area contributed by atoms with Crippen LogP contribution in [-0.2, 0) is 37.0 Å². The van der Waals surface area contributed by atoms with E-state index in [0.29, 0.717) is 32.2 Å². The molecule has 0 radical (unpaired) electrons. The van der Waals surface area contributed by atoms with Gasteiger partial charge in [0.05, 0.1) is 24.0 Å². The zero-order chi connectivity index (χ0) is 30.0. The number of carbonyl (C=O) groups excluding carboxylic acids is 3. The first-order valence-electron chi connectivity index (χ1n) is 14.6. The average molecular weight is 567 g/mol. The number of amides is 1. The molecule has 4 rings (SSSR count). The molecule has 2 fully saturated rings. The highest BCUT2D eigenvalue weighted by Crippen LogP contribution is 2.38. The van der Waals surface area contributed by atoms with E-state index in [4.69, 9.17) is 14.2 Å². The van der Waals surface area contributed by atoms with Gasteiger partial charge in [-0.05, 0) is 50.7 Å². The molecule has 0 N–H and O–H groups in total. The van der Waals surface area contributed by atoms with Gasteiger partial charge in [0.15, 0.2) is 0 Å². The highest BCUT2D eigenvalue weighted by molar-refractivity contribution is 5.79. The zero-order valence-electron chi connectivity index (χ0n) is 25.4. The first-order valence-corrected chi connectivity index (χ1v) is 14.6. The summed E-state index contributed by atoms with van der Waals surface area (Å²) in [7, 11) is 0. The van der Waals surface area contributed by atoms with E-state index in [9.17, 15) is 14.4 Å². The van der Waals surface area contributed by atoms with Gasteiger partial charge in [-0.3, -0.25) is 14.5 Å². The Morgan fingerprint density at radius 3 is 1.76 bits per heavy atom. The summed E-state index contributed by atoms with van der Waals surface area (Å²) in [6.45, 7) is 16.1. The Morgan fingerprint density at radius 1 is 0.732 bits per heavy atom. The van der Waals surface area contributed by atoms with Crippen LogP contribution in [0.2, 0.25) is 0 Å². The fraction of sp³-hybridized carbons (Fsp3) is 0.545. The van der Waals surface area contributed by atoms with Crippen molar-refractivity contribution in [2.45, 2.75) is 54.7 Å². The highest BCUT2D eigenvalue weighted by atomic mass is 16.6. The van der Waals surface area contributed by atoms with Crippen LogP contribution in [0, 0.1) is 22.7 Å². The van der Waals surface area contributed by atoms with Gasteiger partial charge in [-0.1, -0.05) is 74.5 Å². The van der Waals surface area contributed by atoms with Crippen LogP contribution in [-0.4, -0.2) is 67.2 Å². The fourth-order valence-electron chi connectivity index (χ4n) is 5.46. The fourth-order valence-corrected chi connectivity index (χ4v) is 5.46. The van der Waals surface area contributed by atoms with Gasteiger partial charge >= 0.3 is 18.0 Å². The smallest absolute Gasteiger partial charge is 0.410 e. The largest absolute Gasteiger partial charge is 0.466 e. The highest BCUT2D eigenvalue weighted by Gasteiger charge is 2.49. The van der Waals surface area contributed by atoms with Crippen molar-refractivity contribution < 1.29 is 28.6 Å². The normalized spacial score (nSPS) is 25.7. The average Bonchev–Trinajstić information content (AvgIpc) is 3.44. The Morgan fingerprint density at radius 2 is 1.22 bits per heavy atom. The third kappa shape index (κ3) is 8.09. The Labute approximate surface area is 244 Å². The number of rotatable bonds is 8. The van der Waals surface area contributed by atoms with E-state index < -0.39 is 5.41 Å². The van der Waals surface area contributed by atoms with Gasteiger partial charge < -0.3 is 19.1 Å². The Bertz CT molecular complexity index is 1140. The molecular weight excluding hydrogens is 520 g/mol. The third-order valence-electron chi connectivity index (χ3n) is 8.47. The predicted octanol–water partition coefficient (Wildman–Crippen LogP) is 5.55. The molecule has 0 aliphatic carbocycles. The van der Waals surface area contributed by atoms with Crippen LogP contribution in [0.1, 0.15) is 52.7 Å². The first-order chi connectivity index (χ1) is 19.5. The summed E-state index contributed by atoms with van der Waals surface area (Å²) in [4.78, 5) is 40.4. The minimum Gasteiger partial charge on any atom is -0.466 e. The second-order valence-electron chi connectivity index (χ2n) is 11.7. The summed E-state index contributed by atoms with van der Waals surface area (Å²) in [5, 5.41) is 0. The molecule has 2 aromatic carbocycles. The van der Waals surface area contributed by atoms with Crippen molar-refractivity contribution in [3.05, 3.63) is 71.8 Å². The van der Waals surface area contributed by atoms with Crippen LogP contribution >= 0.6 is 0 Å². The van der Waals surface area contributed by atoms with E-state index in [2.05, 4.69) is 36.1 Å². The maximum Gasteiger partial charge on any atom is 0.410 e. The molecule has 1 amide bonds. The van der Waals surface area contributed by atoms with Crippen molar-refractivity contribution in [1.82, 2.24) is 9.80 Å². The Kier molecular flexibility index (Phi) is 11.4. The minimum atomic E-state index is -0.665.